The van der Waals surface area contributed by atoms with Crippen molar-refractivity contribution in [3.8, 4) is 12.3 Å². The van der Waals surface area contributed by atoms with Crippen LogP contribution in [-0.4, -0.2) is 16.1 Å². The molecular formula is C11H15N3O. The standard InChI is InChI=1S/C11H15N3O/c1-3-5-7-11(15)12-10-8-9(6-4-2)13-14-10/h1,8H,4-7H2,2H3,(H2,12,13,14,15). The van der Waals surface area contributed by atoms with Crippen LogP contribution in [0.3, 0.4) is 0 Å². The Labute approximate surface area is 89.5 Å². The fourth-order valence-corrected chi connectivity index (χ4v) is 1.21. The second-order valence-electron chi connectivity index (χ2n) is 3.28. The van der Waals surface area contributed by atoms with Gasteiger partial charge in [0.25, 0.3) is 0 Å². The molecule has 0 spiro atoms. The van der Waals surface area contributed by atoms with E-state index in [1.165, 1.54) is 0 Å². The van der Waals surface area contributed by atoms with Gasteiger partial charge in [-0.2, -0.15) is 5.10 Å². The molecule has 0 bridgehead atoms. The first-order valence-corrected chi connectivity index (χ1v) is 5.04. The summed E-state index contributed by atoms with van der Waals surface area (Å²) in [5, 5.41) is 9.52. The molecule has 15 heavy (non-hydrogen) atoms. The lowest BCUT2D eigenvalue weighted by molar-refractivity contribution is -0.116. The number of nitrogens with zero attached hydrogens (tertiary/aromatic N) is 1. The lowest BCUT2D eigenvalue weighted by Crippen LogP contribution is -2.10. The van der Waals surface area contributed by atoms with Crippen LogP contribution < -0.4 is 5.32 Å². The van der Waals surface area contributed by atoms with Crippen molar-refractivity contribution in [1.29, 1.82) is 0 Å². The summed E-state index contributed by atoms with van der Waals surface area (Å²) in [5.41, 5.74) is 1.03. The minimum Gasteiger partial charge on any atom is -0.309 e. The number of carbonyl (C=O) groups is 1. The number of H-pyrrole nitrogens is 1. The molecule has 0 fully saturated rings. The van der Waals surface area contributed by atoms with E-state index in [0.29, 0.717) is 18.7 Å². The monoisotopic (exact) mass is 205 g/mol. The Bertz CT molecular complexity index is 362. The number of hydrogen-bond donors (Lipinski definition) is 2. The fraction of sp³-hybridized carbons (Fsp3) is 0.455. The Hall–Kier alpha value is -1.76. The molecule has 1 amide bonds. The van der Waals surface area contributed by atoms with Crippen molar-refractivity contribution in [3.05, 3.63) is 11.8 Å². The summed E-state index contributed by atoms with van der Waals surface area (Å²) in [4.78, 5) is 11.3. The molecule has 0 atom stereocenters. The summed E-state index contributed by atoms with van der Waals surface area (Å²) in [6.45, 7) is 2.09. The molecule has 0 unspecified atom stereocenters. The van der Waals surface area contributed by atoms with Crippen LogP contribution in [0.15, 0.2) is 6.07 Å². The van der Waals surface area contributed by atoms with Gasteiger partial charge >= 0.3 is 0 Å². The fourth-order valence-electron chi connectivity index (χ4n) is 1.21. The molecule has 0 aromatic carbocycles. The largest absolute Gasteiger partial charge is 0.309 e. The van der Waals surface area contributed by atoms with Gasteiger partial charge in [0.2, 0.25) is 5.91 Å². The van der Waals surface area contributed by atoms with E-state index in [2.05, 4.69) is 28.4 Å². The Kier molecular flexibility index (Phi) is 4.42. The van der Waals surface area contributed by atoms with Crippen molar-refractivity contribution in [2.45, 2.75) is 32.6 Å². The summed E-state index contributed by atoms with van der Waals surface area (Å²) in [6.07, 6.45) is 7.84. The van der Waals surface area contributed by atoms with Crippen LogP contribution in [0.5, 0.6) is 0 Å². The molecule has 4 heteroatoms. The molecule has 0 saturated heterocycles. The molecule has 2 N–H and O–H groups in total. The minimum absolute atomic E-state index is 0.0949. The first-order valence-electron chi connectivity index (χ1n) is 5.04. The molecule has 0 radical (unpaired) electrons. The SMILES string of the molecule is C#CCCC(=O)Nc1cc(CCC)[nH]n1. The number of anilines is 1. The van der Waals surface area contributed by atoms with Gasteiger partial charge in [-0.15, -0.1) is 12.3 Å². The number of amides is 1. The number of aromatic amines is 1. The molecule has 1 rings (SSSR count). The third kappa shape index (κ3) is 3.86. The van der Waals surface area contributed by atoms with Crippen LogP contribution >= 0.6 is 0 Å². The zero-order chi connectivity index (χ0) is 11.1. The van der Waals surface area contributed by atoms with Crippen molar-refractivity contribution in [3.63, 3.8) is 0 Å². The van der Waals surface area contributed by atoms with Gasteiger partial charge < -0.3 is 5.32 Å². The number of terminal acetylenes is 1. The summed E-state index contributed by atoms with van der Waals surface area (Å²) >= 11 is 0. The van der Waals surface area contributed by atoms with E-state index in [0.717, 1.165) is 18.5 Å². The number of hydrogen-bond acceptors (Lipinski definition) is 2. The predicted octanol–water partition coefficient (Wildman–Crippen LogP) is 1.71. The molecule has 0 saturated carbocycles. The highest BCUT2D eigenvalue weighted by Gasteiger charge is 2.04. The first-order chi connectivity index (χ1) is 7.26. The highest BCUT2D eigenvalue weighted by Crippen LogP contribution is 2.07. The number of aromatic nitrogens is 2. The quantitative estimate of drug-likeness (QED) is 0.719. The maximum absolute atomic E-state index is 11.3. The molecule has 1 aromatic heterocycles. The average molecular weight is 205 g/mol. The molecular weight excluding hydrogens is 190 g/mol. The highest BCUT2D eigenvalue weighted by atomic mass is 16.1. The van der Waals surface area contributed by atoms with E-state index in [4.69, 9.17) is 6.42 Å². The number of nitrogens with one attached hydrogen (secondary N) is 2. The molecule has 80 valence electrons. The highest BCUT2D eigenvalue weighted by molar-refractivity contribution is 5.89. The molecule has 1 heterocycles. The number of carbonyl (C=O) groups excluding carboxylic acids is 1. The van der Waals surface area contributed by atoms with Crippen molar-refractivity contribution >= 4 is 11.7 Å². The zero-order valence-corrected chi connectivity index (χ0v) is 8.84. The summed E-state index contributed by atoms with van der Waals surface area (Å²) in [5.74, 6) is 2.90. The second-order valence-corrected chi connectivity index (χ2v) is 3.28. The summed E-state index contributed by atoms with van der Waals surface area (Å²) < 4.78 is 0. The Morgan fingerprint density at radius 2 is 2.53 bits per heavy atom. The third-order valence-corrected chi connectivity index (χ3v) is 1.91. The van der Waals surface area contributed by atoms with Gasteiger partial charge in [0.15, 0.2) is 5.82 Å². The van der Waals surface area contributed by atoms with Crippen LogP contribution in [0.4, 0.5) is 5.82 Å². The predicted molar refractivity (Wildman–Crippen MR) is 59.3 cm³/mol. The van der Waals surface area contributed by atoms with Gasteiger partial charge in [-0.3, -0.25) is 9.89 Å². The van der Waals surface area contributed by atoms with Crippen LogP contribution in [-0.2, 0) is 11.2 Å². The van der Waals surface area contributed by atoms with Gasteiger partial charge in [0.1, 0.15) is 0 Å². The normalized spacial score (nSPS) is 9.60. The van der Waals surface area contributed by atoms with Crippen molar-refractivity contribution in [2.75, 3.05) is 5.32 Å². The smallest absolute Gasteiger partial charge is 0.226 e. The van der Waals surface area contributed by atoms with E-state index in [1.807, 2.05) is 6.07 Å². The van der Waals surface area contributed by atoms with E-state index >= 15 is 0 Å². The lowest BCUT2D eigenvalue weighted by Gasteiger charge is -1.97. The maximum atomic E-state index is 11.3. The van der Waals surface area contributed by atoms with Gasteiger partial charge in [-0.25, -0.2) is 0 Å². The van der Waals surface area contributed by atoms with E-state index in [9.17, 15) is 4.79 Å². The third-order valence-electron chi connectivity index (χ3n) is 1.91. The van der Waals surface area contributed by atoms with Crippen molar-refractivity contribution < 1.29 is 4.79 Å². The number of aryl methyl sites for hydroxylation is 1. The van der Waals surface area contributed by atoms with Crippen molar-refractivity contribution in [2.24, 2.45) is 0 Å². The topological polar surface area (TPSA) is 57.8 Å². The molecule has 0 aliphatic rings. The number of rotatable bonds is 5. The van der Waals surface area contributed by atoms with Gasteiger partial charge in [0, 0.05) is 24.6 Å². The second kappa shape index (κ2) is 5.86. The van der Waals surface area contributed by atoms with E-state index < -0.39 is 0 Å². The Morgan fingerprint density at radius 1 is 1.73 bits per heavy atom. The first kappa shape index (κ1) is 11.3. The molecule has 4 nitrogen and oxygen atoms in total. The lowest BCUT2D eigenvalue weighted by atomic mass is 10.2. The van der Waals surface area contributed by atoms with Crippen LogP contribution in [0.25, 0.3) is 0 Å². The van der Waals surface area contributed by atoms with E-state index in [1.54, 1.807) is 0 Å². The maximum Gasteiger partial charge on any atom is 0.226 e. The molecule has 0 aliphatic carbocycles. The van der Waals surface area contributed by atoms with Crippen LogP contribution in [0.2, 0.25) is 0 Å². The summed E-state index contributed by atoms with van der Waals surface area (Å²) in [6, 6.07) is 1.84. The van der Waals surface area contributed by atoms with E-state index in [-0.39, 0.29) is 5.91 Å². The van der Waals surface area contributed by atoms with Gasteiger partial charge in [-0.05, 0) is 6.42 Å². The molecule has 0 aliphatic heterocycles. The van der Waals surface area contributed by atoms with Gasteiger partial charge in [0.05, 0.1) is 0 Å². The minimum atomic E-state index is -0.0949. The van der Waals surface area contributed by atoms with Gasteiger partial charge in [-0.1, -0.05) is 13.3 Å². The average Bonchev–Trinajstić information content (AvgIpc) is 2.63. The van der Waals surface area contributed by atoms with Crippen molar-refractivity contribution in [1.82, 2.24) is 10.2 Å². The Morgan fingerprint density at radius 3 is 3.20 bits per heavy atom. The van der Waals surface area contributed by atoms with Crippen LogP contribution in [0, 0.1) is 12.3 Å². The zero-order valence-electron chi connectivity index (χ0n) is 8.84. The van der Waals surface area contributed by atoms with Crippen LogP contribution in [0.1, 0.15) is 31.9 Å². The Balaban J connectivity index is 2.43. The molecule has 1 aromatic rings. The summed E-state index contributed by atoms with van der Waals surface area (Å²) in [7, 11) is 0.